The smallest absolute Gasteiger partial charge is 0.255 e. The van der Waals surface area contributed by atoms with E-state index in [0.717, 1.165) is 45.6 Å². The van der Waals surface area contributed by atoms with Gasteiger partial charge in [-0.2, -0.15) is 0 Å². The molecule has 3 aromatic heterocycles. The van der Waals surface area contributed by atoms with E-state index in [4.69, 9.17) is 4.98 Å². The highest BCUT2D eigenvalue weighted by Crippen LogP contribution is 2.26. The third kappa shape index (κ3) is 3.16. The van der Waals surface area contributed by atoms with Gasteiger partial charge in [0.2, 0.25) is 0 Å². The summed E-state index contributed by atoms with van der Waals surface area (Å²) in [5.41, 5.74) is 4.08. The first-order valence-corrected chi connectivity index (χ1v) is 10.5. The number of fused-ring (bicyclic) bond motifs is 2. The molecular formula is C20H17BrN4OS. The van der Waals surface area contributed by atoms with Gasteiger partial charge in [0.15, 0.2) is 5.82 Å². The Morgan fingerprint density at radius 2 is 2.22 bits per heavy atom. The zero-order chi connectivity index (χ0) is 18.4. The Labute approximate surface area is 168 Å². The third-order valence-electron chi connectivity index (χ3n) is 5.03. The van der Waals surface area contributed by atoms with E-state index in [1.165, 1.54) is 10.9 Å². The van der Waals surface area contributed by atoms with Crippen molar-refractivity contribution in [2.24, 2.45) is 0 Å². The van der Waals surface area contributed by atoms with Crippen LogP contribution in [0.25, 0.3) is 21.6 Å². The second-order valence-electron chi connectivity index (χ2n) is 6.78. The molecule has 136 valence electrons. The summed E-state index contributed by atoms with van der Waals surface area (Å²) in [6.45, 7) is 2.34. The van der Waals surface area contributed by atoms with Crippen LogP contribution >= 0.6 is 27.3 Å². The molecule has 5 rings (SSSR count). The maximum atomic E-state index is 12.6. The summed E-state index contributed by atoms with van der Waals surface area (Å²) in [7, 11) is 0. The number of hydrogen-bond donors (Lipinski definition) is 2. The highest BCUT2D eigenvalue weighted by molar-refractivity contribution is 9.10. The van der Waals surface area contributed by atoms with Gasteiger partial charge in [0.1, 0.15) is 0 Å². The summed E-state index contributed by atoms with van der Waals surface area (Å²) in [6, 6.07) is 10.2. The molecule has 1 aromatic carbocycles. The van der Waals surface area contributed by atoms with Crippen molar-refractivity contribution in [3.63, 3.8) is 0 Å². The molecule has 1 aliphatic rings. The highest BCUT2D eigenvalue weighted by Gasteiger charge is 2.22. The van der Waals surface area contributed by atoms with Crippen molar-refractivity contribution in [2.75, 3.05) is 6.54 Å². The summed E-state index contributed by atoms with van der Waals surface area (Å²) in [6.07, 6.45) is 2.86. The van der Waals surface area contributed by atoms with Crippen LogP contribution in [0, 0.1) is 0 Å². The largest absolute Gasteiger partial charge is 0.361 e. The summed E-state index contributed by atoms with van der Waals surface area (Å²) in [5, 5.41) is 3.22. The number of aromatic amines is 2. The zero-order valence-electron chi connectivity index (χ0n) is 14.5. The van der Waals surface area contributed by atoms with E-state index in [9.17, 15) is 4.79 Å². The lowest BCUT2D eigenvalue weighted by molar-refractivity contribution is 0.242. The molecule has 0 radical (unpaired) electrons. The van der Waals surface area contributed by atoms with Gasteiger partial charge in [-0.05, 0) is 29.1 Å². The van der Waals surface area contributed by atoms with Gasteiger partial charge in [0, 0.05) is 47.6 Å². The van der Waals surface area contributed by atoms with Crippen molar-refractivity contribution >= 4 is 38.2 Å². The predicted octanol–water partition coefficient (Wildman–Crippen LogP) is 4.30. The summed E-state index contributed by atoms with van der Waals surface area (Å²) < 4.78 is 1.06. The molecule has 2 N–H and O–H groups in total. The average Bonchev–Trinajstić information content (AvgIpc) is 3.32. The molecule has 0 atom stereocenters. The van der Waals surface area contributed by atoms with Gasteiger partial charge in [0.25, 0.3) is 5.56 Å². The molecule has 4 aromatic rings. The molecule has 0 saturated heterocycles. The fraction of sp³-hybridized carbons (Fsp3) is 0.200. The number of rotatable bonds is 3. The van der Waals surface area contributed by atoms with Crippen LogP contribution in [0.3, 0.4) is 0 Å². The zero-order valence-corrected chi connectivity index (χ0v) is 16.9. The first kappa shape index (κ1) is 16.9. The minimum atomic E-state index is -0.0176. The van der Waals surface area contributed by atoms with E-state index in [-0.39, 0.29) is 5.56 Å². The Morgan fingerprint density at radius 1 is 1.30 bits per heavy atom. The molecule has 0 amide bonds. The van der Waals surface area contributed by atoms with Crippen LogP contribution in [-0.2, 0) is 19.5 Å². The lowest BCUT2D eigenvalue weighted by atomic mass is 10.1. The summed E-state index contributed by atoms with van der Waals surface area (Å²) in [5.74, 6) is 0.685. The second-order valence-corrected chi connectivity index (χ2v) is 8.64. The molecule has 1 aliphatic heterocycles. The van der Waals surface area contributed by atoms with Crippen molar-refractivity contribution in [1.82, 2.24) is 19.9 Å². The number of halogens is 1. The van der Waals surface area contributed by atoms with Crippen molar-refractivity contribution < 1.29 is 0 Å². The molecule has 0 bridgehead atoms. The molecule has 7 heteroatoms. The van der Waals surface area contributed by atoms with E-state index < -0.39 is 0 Å². The minimum Gasteiger partial charge on any atom is -0.361 e. The number of hydrogen-bond acceptors (Lipinski definition) is 4. The topological polar surface area (TPSA) is 64.8 Å². The standard InChI is InChI=1S/C20H17BrN4OS/c21-13-3-4-14-12(9-22-17(14)8-13)10-25-6-5-16-15(11-25)20(26)24-19(23-16)18-2-1-7-27-18/h1-4,7-9,22H,5-6,10-11H2,(H,23,24,26). The maximum Gasteiger partial charge on any atom is 0.255 e. The average molecular weight is 441 g/mol. The molecule has 0 aliphatic carbocycles. The number of aromatic nitrogens is 3. The SMILES string of the molecule is O=c1[nH]c(-c2cccs2)nc2c1CN(Cc1c[nH]c3cc(Br)ccc13)CC2. The number of H-pyrrole nitrogens is 2. The molecule has 4 heterocycles. The van der Waals surface area contributed by atoms with Crippen molar-refractivity contribution in [3.8, 4) is 10.7 Å². The second kappa shape index (κ2) is 6.74. The lowest BCUT2D eigenvalue weighted by Gasteiger charge is -2.27. The fourth-order valence-electron chi connectivity index (χ4n) is 3.68. The van der Waals surface area contributed by atoms with Crippen LogP contribution in [-0.4, -0.2) is 26.4 Å². The van der Waals surface area contributed by atoms with Crippen molar-refractivity contribution in [3.05, 3.63) is 73.6 Å². The molecule has 27 heavy (non-hydrogen) atoms. The van der Waals surface area contributed by atoms with Crippen molar-refractivity contribution in [2.45, 2.75) is 19.5 Å². The van der Waals surface area contributed by atoms with E-state index in [1.807, 2.05) is 17.5 Å². The summed E-state index contributed by atoms with van der Waals surface area (Å²) in [4.78, 5) is 27.0. The van der Waals surface area contributed by atoms with Gasteiger partial charge in [-0.3, -0.25) is 9.69 Å². The van der Waals surface area contributed by atoms with Crippen LogP contribution in [0.4, 0.5) is 0 Å². The number of nitrogens with one attached hydrogen (secondary N) is 2. The Kier molecular flexibility index (Phi) is 4.22. The van der Waals surface area contributed by atoms with Gasteiger partial charge in [-0.15, -0.1) is 11.3 Å². The van der Waals surface area contributed by atoms with Gasteiger partial charge < -0.3 is 9.97 Å². The van der Waals surface area contributed by atoms with E-state index in [2.05, 4.69) is 55.2 Å². The summed E-state index contributed by atoms with van der Waals surface area (Å²) >= 11 is 5.10. The lowest BCUT2D eigenvalue weighted by Crippen LogP contribution is -2.35. The monoisotopic (exact) mass is 440 g/mol. The number of thiophene rings is 1. The maximum absolute atomic E-state index is 12.6. The Balaban J connectivity index is 1.41. The normalized spacial score (nSPS) is 14.6. The number of nitrogens with zero attached hydrogens (tertiary/aromatic N) is 2. The fourth-order valence-corrected chi connectivity index (χ4v) is 4.71. The van der Waals surface area contributed by atoms with Crippen LogP contribution in [0.5, 0.6) is 0 Å². The van der Waals surface area contributed by atoms with E-state index in [0.29, 0.717) is 12.4 Å². The van der Waals surface area contributed by atoms with Crippen LogP contribution in [0.1, 0.15) is 16.8 Å². The molecule has 5 nitrogen and oxygen atoms in total. The van der Waals surface area contributed by atoms with E-state index >= 15 is 0 Å². The van der Waals surface area contributed by atoms with Gasteiger partial charge in [0.05, 0.1) is 16.1 Å². The molecule has 0 unspecified atom stereocenters. The third-order valence-corrected chi connectivity index (χ3v) is 6.40. The predicted molar refractivity (Wildman–Crippen MR) is 112 cm³/mol. The highest BCUT2D eigenvalue weighted by atomic mass is 79.9. The van der Waals surface area contributed by atoms with Gasteiger partial charge >= 0.3 is 0 Å². The Bertz CT molecular complexity index is 1180. The van der Waals surface area contributed by atoms with E-state index in [1.54, 1.807) is 11.3 Å². The Morgan fingerprint density at radius 3 is 3.07 bits per heavy atom. The quantitative estimate of drug-likeness (QED) is 0.498. The van der Waals surface area contributed by atoms with Crippen LogP contribution in [0.2, 0.25) is 0 Å². The number of benzene rings is 1. The van der Waals surface area contributed by atoms with Gasteiger partial charge in [-0.25, -0.2) is 4.98 Å². The Hall–Kier alpha value is -2.22. The molecular weight excluding hydrogens is 424 g/mol. The first-order valence-electron chi connectivity index (χ1n) is 8.81. The molecule has 0 spiro atoms. The van der Waals surface area contributed by atoms with Crippen molar-refractivity contribution in [1.29, 1.82) is 0 Å². The molecule has 0 saturated carbocycles. The first-order chi connectivity index (χ1) is 13.2. The van der Waals surface area contributed by atoms with Gasteiger partial charge in [-0.1, -0.05) is 28.1 Å². The van der Waals surface area contributed by atoms with Crippen LogP contribution < -0.4 is 5.56 Å². The molecule has 0 fully saturated rings. The van der Waals surface area contributed by atoms with Crippen LogP contribution in [0.15, 0.2) is 51.2 Å². The minimum absolute atomic E-state index is 0.0176.